The van der Waals surface area contributed by atoms with Crippen molar-refractivity contribution in [2.75, 3.05) is 19.6 Å². The number of β-amino-alcohol motifs (C(OH)–C–C–N with tert-alkyl or cyclic N) is 1. The molecule has 0 aliphatic carbocycles. The molecule has 342 valence electrons. The molecule has 0 saturated carbocycles. The van der Waals surface area contributed by atoms with E-state index in [-0.39, 0.29) is 57.2 Å². The van der Waals surface area contributed by atoms with Crippen LogP contribution in [0.15, 0.2) is 0 Å². The lowest BCUT2D eigenvalue weighted by Crippen LogP contribution is -2.55. The summed E-state index contributed by atoms with van der Waals surface area (Å²) < 4.78 is 11.4. The van der Waals surface area contributed by atoms with Crippen molar-refractivity contribution in [1.29, 1.82) is 0 Å². The van der Waals surface area contributed by atoms with Gasteiger partial charge in [-0.15, -0.1) is 0 Å². The molecule has 5 atom stereocenters. The molecule has 0 bridgehead atoms. The molecule has 2 rings (SSSR count). The van der Waals surface area contributed by atoms with Crippen LogP contribution in [0, 0.1) is 11.8 Å². The van der Waals surface area contributed by atoms with Gasteiger partial charge in [0.1, 0.15) is 24.3 Å². The highest BCUT2D eigenvalue weighted by atomic mass is 16.6. The summed E-state index contributed by atoms with van der Waals surface area (Å²) in [5.41, 5.74) is 0. The fourth-order valence-corrected chi connectivity index (χ4v) is 8.21. The molecule has 2 heterocycles. The highest BCUT2D eigenvalue weighted by Gasteiger charge is 2.37. The minimum absolute atomic E-state index is 0. The van der Waals surface area contributed by atoms with Crippen molar-refractivity contribution in [3.05, 3.63) is 0 Å². The quantitative estimate of drug-likeness (QED) is 0.0504. The maximum Gasteiger partial charge on any atom is 0.323 e. The second-order valence-electron chi connectivity index (χ2n) is 18.3. The average Bonchev–Trinajstić information content (AvgIpc) is 3.14. The fraction of sp³-hybridized carbons (Fsp3) is 0.960. The molecule has 0 aromatic rings. The summed E-state index contributed by atoms with van der Waals surface area (Å²) in [5.74, 6) is 0.858. The summed E-state index contributed by atoms with van der Waals surface area (Å²) >= 11 is 0. The summed E-state index contributed by atoms with van der Waals surface area (Å²) in [6.45, 7) is 17.6. The number of rotatable bonds is 33. The highest BCUT2D eigenvalue weighted by molar-refractivity contribution is 5.77. The van der Waals surface area contributed by atoms with Gasteiger partial charge < -0.3 is 19.9 Å². The summed E-state index contributed by atoms with van der Waals surface area (Å²) in [6, 6.07) is -0.275. The van der Waals surface area contributed by atoms with Crippen LogP contribution in [0.4, 0.5) is 0 Å². The van der Waals surface area contributed by atoms with Gasteiger partial charge in [-0.25, -0.2) is 0 Å². The fourth-order valence-electron chi connectivity index (χ4n) is 8.21. The predicted octanol–water partition coefficient (Wildman–Crippen LogP) is 13.8. The third-order valence-corrected chi connectivity index (χ3v) is 11.6. The zero-order valence-electron chi connectivity index (χ0n) is 37.7. The molecule has 7 heteroatoms. The molecule has 0 spiro atoms. The van der Waals surface area contributed by atoms with Crippen LogP contribution in [0.1, 0.15) is 250 Å². The van der Waals surface area contributed by atoms with E-state index < -0.39 is 0 Å². The van der Waals surface area contributed by atoms with Crippen LogP contribution >= 0.6 is 0 Å². The number of esters is 2. The molecule has 0 amide bonds. The third-order valence-electron chi connectivity index (χ3n) is 11.6. The first-order chi connectivity index (χ1) is 26.6. The highest BCUT2D eigenvalue weighted by Crippen LogP contribution is 2.24. The first-order valence-electron chi connectivity index (χ1n) is 24.2. The number of nitrogens with one attached hydrogen (secondary N) is 1. The summed E-state index contributed by atoms with van der Waals surface area (Å²) in [7, 11) is 0. The Morgan fingerprint density at radius 3 is 1.42 bits per heavy atom. The monoisotopic (exact) mass is 811 g/mol. The second kappa shape index (κ2) is 39.0. The molecule has 5 unspecified atom stereocenters. The van der Waals surface area contributed by atoms with Crippen molar-refractivity contribution >= 4 is 11.9 Å². The van der Waals surface area contributed by atoms with Gasteiger partial charge in [-0.3, -0.25) is 14.5 Å². The molecule has 2 aliphatic rings. The largest absolute Gasteiger partial charge is 0.460 e. The number of cyclic esters (lactones) is 2. The predicted molar refractivity (Wildman–Crippen MR) is 247 cm³/mol. The van der Waals surface area contributed by atoms with E-state index in [0.717, 1.165) is 58.0 Å². The lowest BCUT2D eigenvalue weighted by Gasteiger charge is -2.40. The number of carbonyl (C=O) groups is 2. The average molecular weight is 811 g/mol. The summed E-state index contributed by atoms with van der Waals surface area (Å²) in [4.78, 5) is 27.0. The zero-order chi connectivity index (χ0) is 40.5. The number of nitrogens with zero attached hydrogens (tertiary/aromatic N) is 1. The Kier molecular flexibility index (Phi) is 39.6. The molecule has 2 aliphatic heterocycles. The Labute approximate surface area is 356 Å². The molecule has 2 fully saturated rings. The molecule has 0 radical (unpaired) electrons. The van der Waals surface area contributed by atoms with Gasteiger partial charge >= 0.3 is 11.9 Å². The lowest BCUT2D eigenvalue weighted by atomic mass is 9.98. The lowest BCUT2D eigenvalue weighted by molar-refractivity contribution is -0.169. The van der Waals surface area contributed by atoms with E-state index in [4.69, 9.17) is 9.47 Å². The normalized spacial score (nSPS) is 20.3. The van der Waals surface area contributed by atoms with Crippen molar-refractivity contribution in [3.8, 4) is 0 Å². The Morgan fingerprint density at radius 2 is 0.982 bits per heavy atom. The maximum absolute atomic E-state index is 12.8. The Hall–Kier alpha value is -1.18. The van der Waals surface area contributed by atoms with Crippen LogP contribution in [0.2, 0.25) is 0 Å². The summed E-state index contributed by atoms with van der Waals surface area (Å²) in [5, 5.41) is 14.1. The van der Waals surface area contributed by atoms with Gasteiger partial charge in [-0.05, 0) is 56.8 Å². The molecule has 0 aromatic heterocycles. The van der Waals surface area contributed by atoms with E-state index in [2.05, 4.69) is 58.7 Å². The number of hydrogen-bond donors (Lipinski definition) is 2. The van der Waals surface area contributed by atoms with Crippen molar-refractivity contribution in [3.63, 3.8) is 0 Å². The first kappa shape index (κ1) is 57.9. The van der Waals surface area contributed by atoms with Crippen molar-refractivity contribution in [1.82, 2.24) is 10.2 Å². The number of aliphatic hydroxyl groups excluding tert-OH is 1. The third kappa shape index (κ3) is 31.4. The number of aliphatic hydroxyl groups is 1. The van der Waals surface area contributed by atoms with E-state index in [1.807, 2.05) is 0 Å². The molecule has 7 nitrogen and oxygen atoms in total. The number of carbonyl (C=O) groups excluding carboxylic acids is 2. The van der Waals surface area contributed by atoms with Crippen LogP contribution in [-0.2, 0) is 19.1 Å². The Morgan fingerprint density at radius 1 is 0.579 bits per heavy atom. The standard InChI is InChI=1S/C30H59NO3.C18H35NO2.2CH4/c1-5-7-9-11-13-15-17-19-21-27(32)24-31-25-28(34-30(33)29(31)23-26(3)4)22-20-18-16-14-12-10-8-6-2;1-4-5-6-7-8-9-10-11-12-16-14-19-17(13-15(2)3)18(20)21-16;;/h26-29,32H,5-25H2,1-4H3;15-17,19H,4-14H2,1-3H3;2*1H4. The smallest absolute Gasteiger partial charge is 0.323 e. The first-order valence-corrected chi connectivity index (χ1v) is 24.2. The van der Waals surface area contributed by atoms with Gasteiger partial charge in [0.2, 0.25) is 0 Å². The van der Waals surface area contributed by atoms with Crippen molar-refractivity contribution < 1.29 is 24.2 Å². The molecular formula is C50H102N2O5. The van der Waals surface area contributed by atoms with Crippen LogP contribution < -0.4 is 5.32 Å². The van der Waals surface area contributed by atoms with Crippen LogP contribution in [0.25, 0.3) is 0 Å². The van der Waals surface area contributed by atoms with E-state index in [0.29, 0.717) is 18.4 Å². The molecule has 0 aromatic carbocycles. The van der Waals surface area contributed by atoms with Gasteiger partial charge in [0.05, 0.1) is 6.10 Å². The van der Waals surface area contributed by atoms with E-state index in [1.54, 1.807) is 0 Å². The van der Waals surface area contributed by atoms with Gasteiger partial charge in [-0.2, -0.15) is 0 Å². The SMILES string of the molecule is C.C.CCCCCCCCCCC(O)CN1CC(CCCCCCCCCC)OC(=O)C1CC(C)C.CCCCCCCCCCC1CNC(CC(C)C)C(=O)O1. The Balaban J connectivity index is 0. The molecule has 2 N–H and O–H groups in total. The van der Waals surface area contributed by atoms with Crippen molar-refractivity contribution in [2.24, 2.45) is 11.8 Å². The van der Waals surface area contributed by atoms with E-state index >= 15 is 0 Å². The van der Waals surface area contributed by atoms with E-state index in [1.165, 1.54) is 141 Å². The van der Waals surface area contributed by atoms with Gasteiger partial charge in [0, 0.05) is 19.6 Å². The number of unbranched alkanes of at least 4 members (excludes halogenated alkanes) is 21. The van der Waals surface area contributed by atoms with Crippen LogP contribution in [0.5, 0.6) is 0 Å². The molecule has 2 saturated heterocycles. The van der Waals surface area contributed by atoms with E-state index in [9.17, 15) is 14.7 Å². The Bertz CT molecular complexity index is 896. The van der Waals surface area contributed by atoms with Crippen molar-refractivity contribution in [2.45, 2.75) is 280 Å². The molecular weight excluding hydrogens is 709 g/mol. The minimum atomic E-state index is -0.343. The number of hydrogen-bond acceptors (Lipinski definition) is 7. The summed E-state index contributed by atoms with van der Waals surface area (Å²) in [6.07, 6.45) is 35.5. The van der Waals surface area contributed by atoms with Gasteiger partial charge in [-0.1, -0.05) is 205 Å². The molecule has 57 heavy (non-hydrogen) atoms. The second-order valence-corrected chi connectivity index (χ2v) is 18.3. The number of morpholine rings is 2. The minimum Gasteiger partial charge on any atom is -0.460 e. The zero-order valence-corrected chi connectivity index (χ0v) is 37.7. The maximum atomic E-state index is 12.8. The van der Waals surface area contributed by atoms with Crippen LogP contribution in [0.3, 0.4) is 0 Å². The van der Waals surface area contributed by atoms with Crippen LogP contribution in [-0.4, -0.2) is 72.0 Å². The van der Waals surface area contributed by atoms with Gasteiger partial charge in [0.15, 0.2) is 0 Å². The topological polar surface area (TPSA) is 88.1 Å². The number of ether oxygens (including phenoxy) is 2. The van der Waals surface area contributed by atoms with Gasteiger partial charge in [0.25, 0.3) is 0 Å².